The van der Waals surface area contributed by atoms with Gasteiger partial charge in [-0.2, -0.15) is 5.10 Å². The van der Waals surface area contributed by atoms with Crippen molar-refractivity contribution in [1.29, 1.82) is 0 Å². The van der Waals surface area contributed by atoms with Gasteiger partial charge in [-0.05, 0) is 61.1 Å². The minimum absolute atomic E-state index is 0.0928. The Balaban J connectivity index is 1.54. The zero-order chi connectivity index (χ0) is 25.1. The van der Waals surface area contributed by atoms with Gasteiger partial charge in [0.05, 0.1) is 31.9 Å². The van der Waals surface area contributed by atoms with Crippen molar-refractivity contribution >= 4 is 34.8 Å². The number of nitrogens with zero attached hydrogens (tertiary/aromatic N) is 3. The summed E-state index contributed by atoms with van der Waals surface area (Å²) in [6.07, 6.45) is 5.15. The van der Waals surface area contributed by atoms with Gasteiger partial charge >= 0.3 is 0 Å². The molecule has 0 atom stereocenters. The van der Waals surface area contributed by atoms with Crippen molar-refractivity contribution < 1.29 is 14.3 Å². The molecule has 1 saturated carbocycles. The third-order valence-corrected chi connectivity index (χ3v) is 6.96. The highest BCUT2D eigenvalue weighted by atomic mass is 35.5. The quantitative estimate of drug-likeness (QED) is 0.343. The average molecular weight is 524 g/mol. The lowest BCUT2D eigenvalue weighted by Crippen LogP contribution is -2.33. The fourth-order valence-corrected chi connectivity index (χ4v) is 5.33. The molecule has 2 aromatic carbocycles. The minimum atomic E-state index is -0.0928. The smallest absolute Gasteiger partial charge is 0.247 e. The Hall–Kier alpha value is -3.09. The molecule has 1 amide bonds. The number of benzene rings is 2. The van der Waals surface area contributed by atoms with Crippen molar-refractivity contribution in [3.05, 3.63) is 87.2 Å². The lowest BCUT2D eigenvalue weighted by atomic mass is 9.95. The molecule has 2 aliphatic rings. The van der Waals surface area contributed by atoms with E-state index in [2.05, 4.69) is 4.98 Å². The topological polar surface area (TPSA) is 64.0 Å². The van der Waals surface area contributed by atoms with E-state index >= 15 is 0 Å². The predicted molar refractivity (Wildman–Crippen MR) is 141 cm³/mol. The van der Waals surface area contributed by atoms with E-state index in [1.54, 1.807) is 19.2 Å². The summed E-state index contributed by atoms with van der Waals surface area (Å²) in [6.45, 7) is 0.307. The number of hydrogen-bond donors (Lipinski definition) is 0. The summed E-state index contributed by atoms with van der Waals surface area (Å²) in [5.74, 6) is 1.26. The summed E-state index contributed by atoms with van der Waals surface area (Å²) in [7, 11) is 1.64. The van der Waals surface area contributed by atoms with Crippen LogP contribution in [-0.4, -0.2) is 34.8 Å². The summed E-state index contributed by atoms with van der Waals surface area (Å²) in [6, 6.07) is 17.1. The van der Waals surface area contributed by atoms with Crippen LogP contribution in [0, 0.1) is 0 Å². The summed E-state index contributed by atoms with van der Waals surface area (Å²) >= 11 is 12.3. The minimum Gasteiger partial charge on any atom is -0.493 e. The van der Waals surface area contributed by atoms with Gasteiger partial charge in [0.2, 0.25) is 5.91 Å². The number of amides is 1. The van der Waals surface area contributed by atoms with Crippen LogP contribution < -0.4 is 9.47 Å². The second kappa shape index (κ2) is 10.9. The molecule has 5 rings (SSSR count). The molecule has 0 spiro atoms. The van der Waals surface area contributed by atoms with Crippen molar-refractivity contribution in [2.45, 2.75) is 51.2 Å². The van der Waals surface area contributed by atoms with E-state index in [0.717, 1.165) is 53.6 Å². The van der Waals surface area contributed by atoms with E-state index in [1.807, 2.05) is 42.5 Å². The number of pyridine rings is 1. The van der Waals surface area contributed by atoms with E-state index < -0.39 is 0 Å². The summed E-state index contributed by atoms with van der Waals surface area (Å²) < 4.78 is 12.2. The van der Waals surface area contributed by atoms with Crippen LogP contribution in [0.3, 0.4) is 0 Å². The molecule has 0 saturated heterocycles. The monoisotopic (exact) mass is 523 g/mol. The number of fused-ring (bicyclic) bond motifs is 1. The largest absolute Gasteiger partial charge is 0.493 e. The molecule has 1 aliphatic carbocycles. The highest BCUT2D eigenvalue weighted by Gasteiger charge is 2.30. The molecular weight excluding hydrogens is 497 g/mol. The van der Waals surface area contributed by atoms with Crippen LogP contribution in [-0.2, 0) is 24.2 Å². The molecule has 0 N–H and O–H groups in total. The third-order valence-electron chi connectivity index (χ3n) is 6.57. The van der Waals surface area contributed by atoms with E-state index in [9.17, 15) is 4.79 Å². The van der Waals surface area contributed by atoms with Crippen LogP contribution in [0.5, 0.6) is 11.5 Å². The maximum atomic E-state index is 13.4. The first-order valence-corrected chi connectivity index (χ1v) is 12.9. The highest BCUT2D eigenvalue weighted by molar-refractivity contribution is 6.32. The van der Waals surface area contributed by atoms with Crippen LogP contribution >= 0.6 is 23.2 Å². The molecule has 1 aliphatic heterocycles. The summed E-state index contributed by atoms with van der Waals surface area (Å²) in [5, 5.41) is 6.96. The number of rotatable bonds is 7. The molecule has 1 aromatic heterocycles. The molecule has 2 heterocycles. The van der Waals surface area contributed by atoms with Crippen LogP contribution in [0.1, 0.15) is 47.9 Å². The van der Waals surface area contributed by atoms with Crippen molar-refractivity contribution in [1.82, 2.24) is 9.99 Å². The second-order valence-electron chi connectivity index (χ2n) is 9.11. The predicted octanol–water partition coefficient (Wildman–Crippen LogP) is 6.25. The summed E-state index contributed by atoms with van der Waals surface area (Å²) in [4.78, 5) is 17.4. The Labute approximate surface area is 220 Å². The number of ether oxygens (including phenoxy) is 2. The fourth-order valence-electron chi connectivity index (χ4n) is 4.83. The van der Waals surface area contributed by atoms with Gasteiger partial charge < -0.3 is 9.47 Å². The zero-order valence-electron chi connectivity index (χ0n) is 20.0. The number of carbonyl (C=O) groups excluding carboxylic acids is 1. The van der Waals surface area contributed by atoms with Gasteiger partial charge in [0.1, 0.15) is 10.3 Å². The molecule has 36 heavy (non-hydrogen) atoms. The fraction of sp³-hybridized carbons (Fsp3) is 0.321. The zero-order valence-corrected chi connectivity index (χ0v) is 21.6. The molecule has 6 nitrogen and oxygen atoms in total. The van der Waals surface area contributed by atoms with E-state index in [0.29, 0.717) is 34.8 Å². The van der Waals surface area contributed by atoms with Crippen molar-refractivity contribution in [2.24, 2.45) is 5.10 Å². The van der Waals surface area contributed by atoms with Crippen LogP contribution in [0.2, 0.25) is 10.3 Å². The number of aromatic nitrogens is 1. The number of hydrazone groups is 1. The average Bonchev–Trinajstić information content (AvgIpc) is 3.37. The Bertz CT molecular complexity index is 1270. The van der Waals surface area contributed by atoms with Gasteiger partial charge in [0.15, 0.2) is 11.5 Å². The Kier molecular flexibility index (Phi) is 7.44. The number of methoxy groups -OCH3 is 1. The van der Waals surface area contributed by atoms with Gasteiger partial charge in [-0.25, -0.2) is 9.99 Å². The normalized spacial score (nSPS) is 15.4. The van der Waals surface area contributed by atoms with Crippen molar-refractivity contribution in [2.75, 3.05) is 7.11 Å². The number of halogens is 2. The molecular formula is C28H27Cl2N3O3. The van der Waals surface area contributed by atoms with Gasteiger partial charge in [0.25, 0.3) is 0 Å². The van der Waals surface area contributed by atoms with Crippen LogP contribution in [0.25, 0.3) is 0 Å². The van der Waals surface area contributed by atoms with Gasteiger partial charge in [-0.15, -0.1) is 0 Å². The molecule has 1 fully saturated rings. The molecule has 8 heteroatoms. The standard InChI is InChI=1S/C28H27Cl2N3O3/c1-35-24-12-11-21-22(28(24)36-20-9-5-6-10-20)17-33(27(34)16-18-7-3-2-4-8-18)32-23(21)13-19-14-25(29)31-26(30)15-19/h2-4,7-8,11-12,14-15,20H,5-6,9-10,13,16-17H2,1H3. The van der Waals surface area contributed by atoms with E-state index in [1.165, 1.54) is 5.01 Å². The number of carbonyl (C=O) groups is 1. The van der Waals surface area contributed by atoms with E-state index in [-0.39, 0.29) is 18.4 Å². The van der Waals surface area contributed by atoms with Crippen molar-refractivity contribution in [3.63, 3.8) is 0 Å². The van der Waals surface area contributed by atoms with Crippen LogP contribution in [0.15, 0.2) is 59.7 Å². The first-order chi connectivity index (χ1) is 17.5. The molecule has 0 unspecified atom stereocenters. The summed E-state index contributed by atoms with van der Waals surface area (Å²) in [5.41, 5.74) is 4.35. The van der Waals surface area contributed by atoms with Gasteiger partial charge in [-0.3, -0.25) is 4.79 Å². The number of hydrogen-bond acceptors (Lipinski definition) is 5. The lowest BCUT2D eigenvalue weighted by Gasteiger charge is -2.29. The first kappa shape index (κ1) is 24.6. The van der Waals surface area contributed by atoms with Crippen LogP contribution in [0.4, 0.5) is 0 Å². The van der Waals surface area contributed by atoms with Crippen molar-refractivity contribution in [3.8, 4) is 11.5 Å². The molecule has 3 aromatic rings. The SMILES string of the molecule is COc1ccc2c(c1OC1CCCC1)CN(C(=O)Cc1ccccc1)N=C2Cc1cc(Cl)nc(Cl)c1. The maximum absolute atomic E-state index is 13.4. The Morgan fingerprint density at radius 2 is 1.75 bits per heavy atom. The Morgan fingerprint density at radius 3 is 2.44 bits per heavy atom. The Morgan fingerprint density at radius 1 is 1.03 bits per heavy atom. The third kappa shape index (κ3) is 5.50. The van der Waals surface area contributed by atoms with E-state index in [4.69, 9.17) is 37.8 Å². The highest BCUT2D eigenvalue weighted by Crippen LogP contribution is 2.40. The van der Waals surface area contributed by atoms with Gasteiger partial charge in [-0.1, -0.05) is 53.5 Å². The molecule has 0 bridgehead atoms. The van der Waals surface area contributed by atoms with Gasteiger partial charge in [0, 0.05) is 17.5 Å². The first-order valence-electron chi connectivity index (χ1n) is 12.1. The lowest BCUT2D eigenvalue weighted by molar-refractivity contribution is -0.131. The second-order valence-corrected chi connectivity index (χ2v) is 9.88. The maximum Gasteiger partial charge on any atom is 0.247 e. The molecule has 186 valence electrons. The molecule has 0 radical (unpaired) electrons.